The minimum Gasteiger partial charge on any atom is -0.480 e. The number of amides is 1. The van der Waals surface area contributed by atoms with Crippen LogP contribution in [0.5, 0.6) is 0 Å². The van der Waals surface area contributed by atoms with Gasteiger partial charge in [0, 0.05) is 5.92 Å². The lowest BCUT2D eigenvalue weighted by atomic mass is 9.79. The van der Waals surface area contributed by atoms with Gasteiger partial charge in [-0.2, -0.15) is 0 Å². The average molecular weight is 283 g/mol. The van der Waals surface area contributed by atoms with E-state index in [4.69, 9.17) is 5.11 Å². The molecular formula is C16H29NO3. The van der Waals surface area contributed by atoms with Crippen LogP contribution in [0.25, 0.3) is 0 Å². The van der Waals surface area contributed by atoms with E-state index in [-0.39, 0.29) is 11.8 Å². The van der Waals surface area contributed by atoms with Gasteiger partial charge in [0.25, 0.3) is 0 Å². The third kappa shape index (κ3) is 5.93. The van der Waals surface area contributed by atoms with Gasteiger partial charge in [-0.3, -0.25) is 9.59 Å². The normalized spacial score (nSPS) is 24.4. The maximum absolute atomic E-state index is 11.9. The summed E-state index contributed by atoms with van der Waals surface area (Å²) in [5.41, 5.74) is 0. The second-order valence-corrected chi connectivity index (χ2v) is 6.61. The molecule has 4 heteroatoms. The van der Waals surface area contributed by atoms with Crippen molar-refractivity contribution in [3.63, 3.8) is 0 Å². The first-order chi connectivity index (χ1) is 9.40. The van der Waals surface area contributed by atoms with Crippen molar-refractivity contribution in [1.82, 2.24) is 5.32 Å². The Hall–Kier alpha value is -1.06. The molecule has 0 saturated heterocycles. The molecule has 0 aromatic rings. The Morgan fingerprint density at radius 2 is 1.75 bits per heavy atom. The number of carbonyl (C=O) groups is 2. The Labute approximate surface area is 122 Å². The lowest BCUT2D eigenvalue weighted by Crippen LogP contribution is -2.42. The molecule has 1 aliphatic carbocycles. The molecule has 116 valence electrons. The zero-order chi connectivity index (χ0) is 15.1. The van der Waals surface area contributed by atoms with E-state index in [0.29, 0.717) is 0 Å². The maximum atomic E-state index is 11.9. The number of hydrogen-bond acceptors (Lipinski definition) is 2. The van der Waals surface area contributed by atoms with Crippen molar-refractivity contribution >= 4 is 11.9 Å². The minimum absolute atomic E-state index is 0.0122. The molecule has 0 aromatic heterocycles. The maximum Gasteiger partial charge on any atom is 0.325 e. The van der Waals surface area contributed by atoms with Gasteiger partial charge in [0.1, 0.15) is 6.04 Å². The molecule has 2 N–H and O–H groups in total. The van der Waals surface area contributed by atoms with Gasteiger partial charge in [-0.15, -0.1) is 0 Å². The Morgan fingerprint density at radius 1 is 1.15 bits per heavy atom. The summed E-state index contributed by atoms with van der Waals surface area (Å²) in [4.78, 5) is 22.7. The molecule has 1 fully saturated rings. The van der Waals surface area contributed by atoms with E-state index in [1.165, 1.54) is 26.2 Å². The smallest absolute Gasteiger partial charge is 0.325 e. The predicted octanol–water partition coefficient (Wildman–Crippen LogP) is 3.21. The van der Waals surface area contributed by atoms with Gasteiger partial charge in [0.2, 0.25) is 5.91 Å². The summed E-state index contributed by atoms with van der Waals surface area (Å²) in [5.74, 6) is 0.490. The van der Waals surface area contributed by atoms with E-state index in [0.717, 1.165) is 37.5 Å². The summed E-state index contributed by atoms with van der Waals surface area (Å²) < 4.78 is 0. The molecule has 0 heterocycles. The van der Waals surface area contributed by atoms with E-state index in [1.54, 1.807) is 0 Å². The van der Waals surface area contributed by atoms with E-state index in [2.05, 4.69) is 19.2 Å². The summed E-state index contributed by atoms with van der Waals surface area (Å²) in [6, 6.07) is -0.786. The van der Waals surface area contributed by atoms with Crippen molar-refractivity contribution in [1.29, 1.82) is 0 Å². The van der Waals surface area contributed by atoms with E-state index < -0.39 is 12.0 Å². The van der Waals surface area contributed by atoms with E-state index in [1.807, 2.05) is 0 Å². The van der Waals surface area contributed by atoms with Crippen LogP contribution in [0.1, 0.15) is 65.7 Å². The summed E-state index contributed by atoms with van der Waals surface area (Å²) in [7, 11) is 0. The van der Waals surface area contributed by atoms with Crippen molar-refractivity contribution in [3.8, 4) is 0 Å². The number of nitrogens with one attached hydrogen (secondary N) is 1. The molecule has 1 saturated carbocycles. The second kappa shape index (κ2) is 8.28. The summed E-state index contributed by atoms with van der Waals surface area (Å²) in [6.45, 7) is 6.02. The Bertz CT molecular complexity index is 320. The fourth-order valence-corrected chi connectivity index (χ4v) is 2.92. The first-order valence-corrected chi connectivity index (χ1v) is 7.93. The highest BCUT2D eigenvalue weighted by Gasteiger charge is 2.27. The molecule has 20 heavy (non-hydrogen) atoms. The van der Waals surface area contributed by atoms with Crippen molar-refractivity contribution in [3.05, 3.63) is 0 Å². The van der Waals surface area contributed by atoms with Crippen LogP contribution >= 0.6 is 0 Å². The third-order valence-corrected chi connectivity index (χ3v) is 4.34. The zero-order valence-electron chi connectivity index (χ0n) is 13.0. The van der Waals surface area contributed by atoms with E-state index in [9.17, 15) is 9.59 Å². The summed E-state index contributed by atoms with van der Waals surface area (Å²) in [5, 5.41) is 11.4. The first-order valence-electron chi connectivity index (χ1n) is 7.93. The minimum atomic E-state index is -0.972. The number of carboxylic acids is 1. The number of carboxylic acid groups (broad SMARTS) is 1. The van der Waals surface area contributed by atoms with Crippen molar-refractivity contribution in [2.45, 2.75) is 71.8 Å². The zero-order valence-corrected chi connectivity index (χ0v) is 13.0. The molecule has 0 spiro atoms. The molecule has 1 rings (SSSR count). The van der Waals surface area contributed by atoms with Gasteiger partial charge in [-0.05, 0) is 44.4 Å². The van der Waals surface area contributed by atoms with Crippen molar-refractivity contribution < 1.29 is 14.7 Å². The Balaban J connectivity index is 2.24. The number of hydrogen-bond donors (Lipinski definition) is 2. The van der Waals surface area contributed by atoms with Gasteiger partial charge in [0.05, 0.1) is 0 Å². The SMILES string of the molecule is CC(C)CCC[C@H]1CC[C@@H](C(=O)N[C@@H](C)C(=O)O)CC1. The summed E-state index contributed by atoms with van der Waals surface area (Å²) >= 11 is 0. The highest BCUT2D eigenvalue weighted by Crippen LogP contribution is 2.32. The predicted molar refractivity (Wildman–Crippen MR) is 79.4 cm³/mol. The van der Waals surface area contributed by atoms with Crippen LogP contribution in [-0.4, -0.2) is 23.0 Å². The highest BCUT2D eigenvalue weighted by molar-refractivity contribution is 5.84. The van der Waals surface area contributed by atoms with Crippen LogP contribution in [0.15, 0.2) is 0 Å². The number of rotatable bonds is 7. The molecule has 4 nitrogen and oxygen atoms in total. The molecule has 0 aromatic carbocycles. The fraction of sp³-hybridized carbons (Fsp3) is 0.875. The molecule has 0 bridgehead atoms. The molecule has 1 aliphatic rings. The molecule has 0 aliphatic heterocycles. The lowest BCUT2D eigenvalue weighted by molar-refractivity contribution is -0.142. The highest BCUT2D eigenvalue weighted by atomic mass is 16.4. The first kappa shape index (κ1) is 17.0. The van der Waals surface area contributed by atoms with Crippen LogP contribution in [-0.2, 0) is 9.59 Å². The van der Waals surface area contributed by atoms with Gasteiger partial charge >= 0.3 is 5.97 Å². The van der Waals surface area contributed by atoms with Crippen LogP contribution in [0.2, 0.25) is 0 Å². The largest absolute Gasteiger partial charge is 0.480 e. The second-order valence-electron chi connectivity index (χ2n) is 6.61. The van der Waals surface area contributed by atoms with E-state index >= 15 is 0 Å². The van der Waals surface area contributed by atoms with Gasteiger partial charge in [-0.1, -0.05) is 33.1 Å². The molecule has 0 unspecified atom stereocenters. The van der Waals surface area contributed by atoms with Crippen LogP contribution in [0.3, 0.4) is 0 Å². The number of aliphatic carboxylic acids is 1. The van der Waals surface area contributed by atoms with Crippen LogP contribution < -0.4 is 5.32 Å². The number of carbonyl (C=O) groups excluding carboxylic acids is 1. The monoisotopic (exact) mass is 283 g/mol. The van der Waals surface area contributed by atoms with Crippen molar-refractivity contribution in [2.24, 2.45) is 17.8 Å². The molecule has 1 amide bonds. The quantitative estimate of drug-likeness (QED) is 0.754. The van der Waals surface area contributed by atoms with Crippen LogP contribution in [0, 0.1) is 17.8 Å². The summed E-state index contributed by atoms with van der Waals surface area (Å²) in [6.07, 6.45) is 7.88. The van der Waals surface area contributed by atoms with Gasteiger partial charge < -0.3 is 10.4 Å². The Kier molecular flexibility index (Phi) is 7.03. The van der Waals surface area contributed by atoms with Gasteiger partial charge in [-0.25, -0.2) is 0 Å². The topological polar surface area (TPSA) is 66.4 Å². The van der Waals surface area contributed by atoms with Crippen molar-refractivity contribution in [2.75, 3.05) is 0 Å². The average Bonchev–Trinajstić information content (AvgIpc) is 2.38. The third-order valence-electron chi connectivity index (χ3n) is 4.34. The lowest BCUT2D eigenvalue weighted by Gasteiger charge is -2.28. The fourth-order valence-electron chi connectivity index (χ4n) is 2.92. The standard InChI is InChI=1S/C16H29NO3/c1-11(2)5-4-6-13-7-9-14(10-8-13)15(18)17-12(3)16(19)20/h11-14H,4-10H2,1-3H3,(H,17,18)(H,19,20)/t12-,13-,14+/m0/s1. The van der Waals surface area contributed by atoms with Gasteiger partial charge in [0.15, 0.2) is 0 Å². The Morgan fingerprint density at radius 3 is 2.25 bits per heavy atom. The molecule has 0 radical (unpaired) electrons. The van der Waals surface area contributed by atoms with Crippen LogP contribution in [0.4, 0.5) is 0 Å². The molecular weight excluding hydrogens is 254 g/mol. The molecule has 1 atom stereocenters.